The number of likely N-dealkylation sites (tertiary alicyclic amines) is 1. The first-order valence-corrected chi connectivity index (χ1v) is 6.57. The summed E-state index contributed by atoms with van der Waals surface area (Å²) in [5.41, 5.74) is 8.23. The maximum atomic E-state index is 5.98. The second kappa shape index (κ2) is 5.28. The van der Waals surface area contributed by atoms with Crippen LogP contribution in [0.1, 0.15) is 24.6 Å². The molecule has 5 nitrogen and oxygen atoms in total. The van der Waals surface area contributed by atoms with Crippen LogP contribution in [0.5, 0.6) is 5.88 Å². The molecule has 0 amide bonds. The molecule has 0 bridgehead atoms. The van der Waals surface area contributed by atoms with Gasteiger partial charge in [-0.2, -0.15) is 5.10 Å². The van der Waals surface area contributed by atoms with E-state index in [2.05, 4.69) is 16.9 Å². The van der Waals surface area contributed by atoms with Gasteiger partial charge in [0.2, 0.25) is 5.88 Å². The number of hydrogen-bond donors (Lipinski definition) is 1. The number of aryl methyl sites for hydroxylation is 2. The maximum absolute atomic E-state index is 5.98. The molecule has 2 atom stereocenters. The Morgan fingerprint density at radius 2 is 2.28 bits per heavy atom. The van der Waals surface area contributed by atoms with Gasteiger partial charge >= 0.3 is 0 Å². The summed E-state index contributed by atoms with van der Waals surface area (Å²) >= 11 is 0. The van der Waals surface area contributed by atoms with E-state index in [1.165, 1.54) is 12.0 Å². The first-order valence-electron chi connectivity index (χ1n) is 6.57. The van der Waals surface area contributed by atoms with Gasteiger partial charge in [0.25, 0.3) is 0 Å². The molecular formula is C13H24N4O. The summed E-state index contributed by atoms with van der Waals surface area (Å²) in [6.45, 7) is 7.24. The molecule has 1 saturated heterocycles. The number of ether oxygens (including phenoxy) is 1. The monoisotopic (exact) mass is 252 g/mol. The summed E-state index contributed by atoms with van der Waals surface area (Å²) in [7, 11) is 3.62. The van der Waals surface area contributed by atoms with Crippen LogP contribution in [0.25, 0.3) is 0 Å². The molecule has 1 fully saturated rings. The zero-order valence-electron chi connectivity index (χ0n) is 11.8. The molecule has 102 valence electrons. The highest BCUT2D eigenvalue weighted by molar-refractivity contribution is 5.30. The molecule has 2 N–H and O–H groups in total. The van der Waals surface area contributed by atoms with E-state index in [1.807, 2.05) is 18.7 Å². The van der Waals surface area contributed by atoms with E-state index in [0.717, 1.165) is 31.2 Å². The van der Waals surface area contributed by atoms with E-state index in [4.69, 9.17) is 10.5 Å². The van der Waals surface area contributed by atoms with Gasteiger partial charge in [-0.25, -0.2) is 4.68 Å². The van der Waals surface area contributed by atoms with Crippen LogP contribution in [0.15, 0.2) is 0 Å². The van der Waals surface area contributed by atoms with Crippen LogP contribution in [0.2, 0.25) is 0 Å². The van der Waals surface area contributed by atoms with Crippen LogP contribution in [0.3, 0.4) is 0 Å². The maximum Gasteiger partial charge on any atom is 0.216 e. The molecule has 5 heteroatoms. The van der Waals surface area contributed by atoms with Gasteiger partial charge in [-0.15, -0.1) is 0 Å². The van der Waals surface area contributed by atoms with Crippen LogP contribution >= 0.6 is 0 Å². The first kappa shape index (κ1) is 13.4. The second-order valence-electron chi connectivity index (χ2n) is 5.34. The number of rotatable bonds is 4. The van der Waals surface area contributed by atoms with Gasteiger partial charge in [0.05, 0.1) is 18.4 Å². The van der Waals surface area contributed by atoms with E-state index < -0.39 is 0 Å². The number of hydrogen-bond acceptors (Lipinski definition) is 4. The molecule has 2 heterocycles. The van der Waals surface area contributed by atoms with Gasteiger partial charge in [0.15, 0.2) is 0 Å². The van der Waals surface area contributed by atoms with Gasteiger partial charge in [-0.1, -0.05) is 0 Å². The van der Waals surface area contributed by atoms with Crippen molar-refractivity contribution in [1.29, 1.82) is 0 Å². The third-order valence-corrected chi connectivity index (χ3v) is 3.92. The van der Waals surface area contributed by atoms with Gasteiger partial charge in [-0.3, -0.25) is 4.90 Å². The summed E-state index contributed by atoms with van der Waals surface area (Å²) in [4.78, 5) is 2.44. The van der Waals surface area contributed by atoms with Gasteiger partial charge in [0.1, 0.15) is 0 Å². The Labute approximate surface area is 109 Å². The molecule has 0 saturated carbocycles. The molecule has 1 aromatic rings. The third-order valence-electron chi connectivity index (χ3n) is 3.92. The van der Waals surface area contributed by atoms with E-state index in [1.54, 1.807) is 7.11 Å². The highest BCUT2D eigenvalue weighted by Gasteiger charge is 2.27. The first-order chi connectivity index (χ1) is 8.52. The van der Waals surface area contributed by atoms with Gasteiger partial charge in [-0.05, 0) is 32.7 Å². The lowest BCUT2D eigenvalue weighted by Crippen LogP contribution is -2.29. The molecule has 0 radical (unpaired) electrons. The van der Waals surface area contributed by atoms with Crippen molar-refractivity contribution in [2.75, 3.05) is 20.2 Å². The van der Waals surface area contributed by atoms with Crippen molar-refractivity contribution in [2.24, 2.45) is 18.7 Å². The normalized spacial score (nSPS) is 22.4. The zero-order chi connectivity index (χ0) is 13.3. The summed E-state index contributed by atoms with van der Waals surface area (Å²) in [5.74, 6) is 1.49. The molecule has 1 aliphatic rings. The Balaban J connectivity index is 2.07. The van der Waals surface area contributed by atoms with Crippen molar-refractivity contribution in [2.45, 2.75) is 32.9 Å². The molecular weight excluding hydrogens is 228 g/mol. The van der Waals surface area contributed by atoms with Gasteiger partial charge < -0.3 is 10.5 Å². The van der Waals surface area contributed by atoms with E-state index >= 15 is 0 Å². The summed E-state index contributed by atoms with van der Waals surface area (Å²) < 4.78 is 7.24. The lowest BCUT2D eigenvalue weighted by atomic mass is 10.0. The molecule has 0 aromatic carbocycles. The summed E-state index contributed by atoms with van der Waals surface area (Å²) in [6.07, 6.45) is 1.19. The summed E-state index contributed by atoms with van der Waals surface area (Å²) in [6, 6.07) is 0.284. The van der Waals surface area contributed by atoms with Crippen molar-refractivity contribution in [1.82, 2.24) is 14.7 Å². The lowest BCUT2D eigenvalue weighted by molar-refractivity contribution is 0.297. The molecule has 0 spiro atoms. The Morgan fingerprint density at radius 3 is 2.83 bits per heavy atom. The van der Waals surface area contributed by atoms with Crippen molar-refractivity contribution in [3.8, 4) is 5.88 Å². The minimum atomic E-state index is 0.284. The topological polar surface area (TPSA) is 56.3 Å². The molecule has 18 heavy (non-hydrogen) atoms. The average molecular weight is 252 g/mol. The Morgan fingerprint density at radius 1 is 1.56 bits per heavy atom. The highest BCUT2D eigenvalue weighted by Crippen LogP contribution is 2.26. The minimum absolute atomic E-state index is 0.284. The largest absolute Gasteiger partial charge is 0.481 e. The molecule has 0 aliphatic carbocycles. The Bertz CT molecular complexity index is 413. The standard InChI is InChI=1S/C13H24N4O/c1-9(14)11-5-6-17(7-11)8-12-10(2)15-16(3)13(12)18-4/h9,11H,5-8,14H2,1-4H3. The van der Waals surface area contributed by atoms with Crippen LogP contribution in [-0.4, -0.2) is 40.9 Å². The SMILES string of the molecule is COc1c(CN2CCC(C(C)N)C2)c(C)nn1C. The number of methoxy groups -OCH3 is 1. The fourth-order valence-electron chi connectivity index (χ4n) is 2.78. The molecule has 2 rings (SSSR count). The number of nitrogens with two attached hydrogens (primary N) is 1. The second-order valence-corrected chi connectivity index (χ2v) is 5.34. The van der Waals surface area contributed by atoms with Crippen LogP contribution in [0.4, 0.5) is 0 Å². The van der Waals surface area contributed by atoms with Crippen molar-refractivity contribution in [3.05, 3.63) is 11.3 Å². The minimum Gasteiger partial charge on any atom is -0.481 e. The van der Waals surface area contributed by atoms with Crippen molar-refractivity contribution >= 4 is 0 Å². The lowest BCUT2D eigenvalue weighted by Gasteiger charge is -2.18. The molecule has 1 aromatic heterocycles. The van der Waals surface area contributed by atoms with Crippen LogP contribution < -0.4 is 10.5 Å². The predicted octanol–water partition coefficient (Wildman–Crippen LogP) is 0.906. The van der Waals surface area contributed by atoms with E-state index in [-0.39, 0.29) is 6.04 Å². The number of aromatic nitrogens is 2. The third kappa shape index (κ3) is 2.52. The quantitative estimate of drug-likeness (QED) is 0.865. The number of nitrogens with zero attached hydrogens (tertiary/aromatic N) is 3. The highest BCUT2D eigenvalue weighted by atomic mass is 16.5. The predicted molar refractivity (Wildman–Crippen MR) is 71.5 cm³/mol. The van der Waals surface area contributed by atoms with Crippen molar-refractivity contribution < 1.29 is 4.74 Å². The smallest absolute Gasteiger partial charge is 0.216 e. The molecule has 2 unspecified atom stereocenters. The fourth-order valence-corrected chi connectivity index (χ4v) is 2.78. The molecule has 1 aliphatic heterocycles. The van der Waals surface area contributed by atoms with Crippen LogP contribution in [0, 0.1) is 12.8 Å². The Hall–Kier alpha value is -1.07. The average Bonchev–Trinajstić information content (AvgIpc) is 2.86. The van der Waals surface area contributed by atoms with Crippen LogP contribution in [-0.2, 0) is 13.6 Å². The summed E-state index contributed by atoms with van der Waals surface area (Å²) in [5, 5.41) is 4.42. The van der Waals surface area contributed by atoms with Crippen molar-refractivity contribution in [3.63, 3.8) is 0 Å². The van der Waals surface area contributed by atoms with Gasteiger partial charge in [0, 0.05) is 26.2 Å². The zero-order valence-corrected chi connectivity index (χ0v) is 11.8. The van der Waals surface area contributed by atoms with E-state index in [0.29, 0.717) is 5.92 Å². The Kier molecular flexibility index (Phi) is 3.92. The van der Waals surface area contributed by atoms with E-state index in [9.17, 15) is 0 Å². The fraction of sp³-hybridized carbons (Fsp3) is 0.769.